The Morgan fingerprint density at radius 1 is 1.33 bits per heavy atom. The van der Waals surface area contributed by atoms with Crippen LogP contribution in [-0.2, 0) is 0 Å². The van der Waals surface area contributed by atoms with Gasteiger partial charge in [-0.15, -0.1) is 0 Å². The third kappa shape index (κ3) is 4.19. The van der Waals surface area contributed by atoms with E-state index < -0.39 is 6.10 Å². The van der Waals surface area contributed by atoms with E-state index in [0.29, 0.717) is 6.42 Å². The van der Waals surface area contributed by atoms with Crippen LogP contribution < -0.4 is 0 Å². The highest BCUT2D eigenvalue weighted by Gasteiger charge is 2.35. The summed E-state index contributed by atoms with van der Waals surface area (Å²) in [4.78, 5) is 2.35. The van der Waals surface area contributed by atoms with Gasteiger partial charge in [0, 0.05) is 12.6 Å². The number of aliphatic hydroxyl groups excluding tert-OH is 3. The fourth-order valence-electron chi connectivity index (χ4n) is 3.34. The molecule has 0 spiro atoms. The summed E-state index contributed by atoms with van der Waals surface area (Å²) in [6.07, 6.45) is 2.81. The molecule has 0 saturated carbocycles. The molecule has 1 rings (SSSR count). The summed E-state index contributed by atoms with van der Waals surface area (Å²) in [6, 6.07) is 0.205. The molecule has 108 valence electrons. The van der Waals surface area contributed by atoms with Crippen molar-refractivity contribution in [3.8, 4) is 0 Å². The summed E-state index contributed by atoms with van der Waals surface area (Å²) in [5.74, 6) is 0. The molecule has 1 heterocycles. The largest absolute Gasteiger partial charge is 0.394 e. The maximum Gasteiger partial charge on any atom is 0.0776 e. The number of likely N-dealkylation sites (tertiary alicyclic amines) is 1. The number of piperidine rings is 1. The number of nitrogens with zero attached hydrogens (tertiary/aromatic N) is 1. The monoisotopic (exact) mass is 259 g/mol. The van der Waals surface area contributed by atoms with Gasteiger partial charge in [-0.1, -0.05) is 13.8 Å². The highest BCUT2D eigenvalue weighted by Crippen LogP contribution is 2.35. The van der Waals surface area contributed by atoms with Crippen molar-refractivity contribution in [3.63, 3.8) is 0 Å². The van der Waals surface area contributed by atoms with Crippen LogP contribution in [0.4, 0.5) is 0 Å². The first-order valence-corrected chi connectivity index (χ1v) is 7.13. The average Bonchev–Trinajstić information content (AvgIpc) is 2.28. The molecule has 1 saturated heterocycles. The molecule has 3 N–H and O–H groups in total. The van der Waals surface area contributed by atoms with Gasteiger partial charge >= 0.3 is 0 Å². The summed E-state index contributed by atoms with van der Waals surface area (Å²) < 4.78 is 0. The number of hydrogen-bond acceptors (Lipinski definition) is 4. The van der Waals surface area contributed by atoms with Crippen molar-refractivity contribution >= 4 is 0 Å². The lowest BCUT2D eigenvalue weighted by Crippen LogP contribution is -2.51. The average molecular weight is 259 g/mol. The molecule has 0 bridgehead atoms. The van der Waals surface area contributed by atoms with Gasteiger partial charge in [0.15, 0.2) is 0 Å². The maximum absolute atomic E-state index is 9.83. The highest BCUT2D eigenvalue weighted by molar-refractivity contribution is 4.89. The molecule has 4 unspecified atom stereocenters. The lowest BCUT2D eigenvalue weighted by atomic mass is 9.76. The van der Waals surface area contributed by atoms with Crippen LogP contribution in [0.25, 0.3) is 0 Å². The lowest BCUT2D eigenvalue weighted by Gasteiger charge is -2.45. The molecule has 0 radical (unpaired) electrons. The zero-order valence-electron chi connectivity index (χ0n) is 12.0. The van der Waals surface area contributed by atoms with Crippen LogP contribution in [0.15, 0.2) is 0 Å². The Bertz CT molecular complexity index is 247. The topological polar surface area (TPSA) is 63.9 Å². The van der Waals surface area contributed by atoms with Gasteiger partial charge in [-0.3, -0.25) is 4.90 Å². The molecule has 1 fully saturated rings. The van der Waals surface area contributed by atoms with Crippen LogP contribution >= 0.6 is 0 Å². The van der Waals surface area contributed by atoms with E-state index in [0.717, 1.165) is 32.4 Å². The summed E-state index contributed by atoms with van der Waals surface area (Å²) in [5.41, 5.74) is 0.0444. The molecular formula is C14H29NO3. The van der Waals surface area contributed by atoms with E-state index in [4.69, 9.17) is 5.11 Å². The fourth-order valence-corrected chi connectivity index (χ4v) is 3.34. The highest BCUT2D eigenvalue weighted by atomic mass is 16.3. The molecule has 1 aliphatic rings. The van der Waals surface area contributed by atoms with Crippen molar-refractivity contribution in [1.29, 1.82) is 0 Å². The first-order chi connectivity index (χ1) is 8.41. The summed E-state index contributed by atoms with van der Waals surface area (Å²) in [6.45, 7) is 7.88. The quantitative estimate of drug-likeness (QED) is 0.665. The number of rotatable bonds is 6. The smallest absolute Gasteiger partial charge is 0.0776 e. The zero-order chi connectivity index (χ0) is 13.8. The Balaban J connectivity index is 2.64. The fraction of sp³-hybridized carbons (Fsp3) is 1.00. The van der Waals surface area contributed by atoms with E-state index in [1.54, 1.807) is 0 Å². The van der Waals surface area contributed by atoms with Crippen molar-refractivity contribution in [2.24, 2.45) is 5.41 Å². The number of aliphatic hydroxyl groups is 3. The van der Waals surface area contributed by atoms with Crippen molar-refractivity contribution in [2.45, 2.75) is 64.7 Å². The van der Waals surface area contributed by atoms with Gasteiger partial charge in [-0.25, -0.2) is 0 Å². The summed E-state index contributed by atoms with van der Waals surface area (Å²) >= 11 is 0. The van der Waals surface area contributed by atoms with Gasteiger partial charge in [0.2, 0.25) is 0 Å². The summed E-state index contributed by atoms with van der Waals surface area (Å²) in [5, 5.41) is 28.5. The Hall–Kier alpha value is -0.160. The normalized spacial score (nSPS) is 31.0. The van der Waals surface area contributed by atoms with Gasteiger partial charge in [-0.05, 0) is 44.6 Å². The Morgan fingerprint density at radius 3 is 2.50 bits per heavy atom. The minimum Gasteiger partial charge on any atom is -0.394 e. The van der Waals surface area contributed by atoms with Gasteiger partial charge in [0.25, 0.3) is 0 Å². The second kappa shape index (κ2) is 6.85. The van der Waals surface area contributed by atoms with E-state index in [2.05, 4.69) is 18.7 Å². The molecule has 18 heavy (non-hydrogen) atoms. The van der Waals surface area contributed by atoms with Crippen LogP contribution in [0.5, 0.6) is 0 Å². The first-order valence-electron chi connectivity index (χ1n) is 7.13. The van der Waals surface area contributed by atoms with E-state index in [9.17, 15) is 10.2 Å². The molecule has 4 nitrogen and oxygen atoms in total. The standard InChI is InChI=1S/C14H29NO3/c1-4-13(11(2)17)15-7-5-6-14(3,10-15)8-12(18)9-16/h11-13,16-18H,4-10H2,1-3H3. The van der Waals surface area contributed by atoms with Gasteiger partial charge in [0.05, 0.1) is 18.8 Å². The Kier molecular flexibility index (Phi) is 6.05. The Morgan fingerprint density at radius 2 is 2.00 bits per heavy atom. The van der Waals surface area contributed by atoms with Crippen LogP contribution in [0.2, 0.25) is 0 Å². The Labute approximate surface area is 111 Å². The summed E-state index contributed by atoms with van der Waals surface area (Å²) in [7, 11) is 0. The maximum atomic E-state index is 9.83. The lowest BCUT2D eigenvalue weighted by molar-refractivity contribution is -0.0202. The van der Waals surface area contributed by atoms with Crippen LogP contribution in [0, 0.1) is 5.41 Å². The molecule has 0 aromatic carbocycles. The van der Waals surface area contributed by atoms with Gasteiger partial charge in [-0.2, -0.15) is 0 Å². The van der Waals surface area contributed by atoms with E-state index in [1.807, 2.05) is 6.92 Å². The van der Waals surface area contributed by atoms with E-state index >= 15 is 0 Å². The minimum atomic E-state index is -0.624. The van der Waals surface area contributed by atoms with Crippen molar-refractivity contribution < 1.29 is 15.3 Å². The second-order valence-corrected chi connectivity index (χ2v) is 6.14. The molecule has 0 aliphatic carbocycles. The van der Waals surface area contributed by atoms with E-state index in [-0.39, 0.29) is 24.2 Å². The third-order valence-corrected chi connectivity index (χ3v) is 4.19. The van der Waals surface area contributed by atoms with Gasteiger partial charge in [0.1, 0.15) is 0 Å². The van der Waals surface area contributed by atoms with Crippen LogP contribution in [-0.4, -0.2) is 58.2 Å². The zero-order valence-corrected chi connectivity index (χ0v) is 12.0. The molecular weight excluding hydrogens is 230 g/mol. The molecule has 0 aromatic heterocycles. The third-order valence-electron chi connectivity index (χ3n) is 4.19. The predicted octanol–water partition coefficient (Wildman–Crippen LogP) is 0.991. The molecule has 4 heteroatoms. The van der Waals surface area contributed by atoms with Crippen LogP contribution in [0.3, 0.4) is 0 Å². The SMILES string of the molecule is CCC(C(C)O)N1CCCC(C)(CC(O)CO)C1. The second-order valence-electron chi connectivity index (χ2n) is 6.14. The molecule has 1 aliphatic heterocycles. The van der Waals surface area contributed by atoms with Crippen molar-refractivity contribution in [2.75, 3.05) is 19.7 Å². The molecule has 4 atom stereocenters. The predicted molar refractivity (Wildman–Crippen MR) is 72.4 cm³/mol. The van der Waals surface area contributed by atoms with Gasteiger partial charge < -0.3 is 15.3 Å². The van der Waals surface area contributed by atoms with Crippen molar-refractivity contribution in [3.05, 3.63) is 0 Å². The number of hydrogen-bond donors (Lipinski definition) is 3. The van der Waals surface area contributed by atoms with Crippen molar-refractivity contribution in [1.82, 2.24) is 4.90 Å². The van der Waals surface area contributed by atoms with E-state index in [1.165, 1.54) is 0 Å². The van der Waals surface area contributed by atoms with Crippen LogP contribution in [0.1, 0.15) is 46.5 Å². The molecule has 0 aromatic rings. The first kappa shape index (κ1) is 15.9. The molecule has 0 amide bonds. The minimum absolute atomic E-state index is 0.0444.